The van der Waals surface area contributed by atoms with E-state index in [4.69, 9.17) is 5.73 Å². The smallest absolute Gasteiger partial charge is 0.416 e. The molecule has 11 heteroatoms. The van der Waals surface area contributed by atoms with E-state index in [1.165, 1.54) is 6.07 Å². The van der Waals surface area contributed by atoms with E-state index in [2.05, 4.69) is 15.5 Å². The van der Waals surface area contributed by atoms with E-state index in [9.17, 15) is 28.2 Å². The van der Waals surface area contributed by atoms with E-state index in [1.807, 2.05) is 4.90 Å². The number of anilines is 1. The van der Waals surface area contributed by atoms with Gasteiger partial charge in [0.1, 0.15) is 17.6 Å². The number of phenols is 1. The van der Waals surface area contributed by atoms with E-state index >= 15 is 0 Å². The summed E-state index contributed by atoms with van der Waals surface area (Å²) < 4.78 is 38.4. The SMILES string of the molecule is Cc1cc(N[C@@H]2CC[C@H](C(=O)O)N(CCN)C2)nnc1-c1ccc(C(F)(F)F)cc1O. The first-order valence-electron chi connectivity index (χ1n) is 9.78. The van der Waals surface area contributed by atoms with Crippen LogP contribution < -0.4 is 11.1 Å². The summed E-state index contributed by atoms with van der Waals surface area (Å²) in [5.74, 6) is -0.945. The zero-order valence-corrected chi connectivity index (χ0v) is 16.9. The lowest BCUT2D eigenvalue weighted by Crippen LogP contribution is -2.52. The Bertz CT molecular complexity index is 954. The van der Waals surface area contributed by atoms with Crippen LogP contribution in [-0.2, 0) is 11.0 Å². The van der Waals surface area contributed by atoms with Crippen molar-refractivity contribution in [3.8, 4) is 17.0 Å². The van der Waals surface area contributed by atoms with Crippen molar-refractivity contribution in [2.45, 2.75) is 38.0 Å². The molecule has 0 bridgehead atoms. The first kappa shape index (κ1) is 22.8. The van der Waals surface area contributed by atoms with Gasteiger partial charge in [0.05, 0.1) is 11.3 Å². The zero-order valence-electron chi connectivity index (χ0n) is 16.9. The summed E-state index contributed by atoms with van der Waals surface area (Å²) in [5.41, 5.74) is 5.69. The van der Waals surface area contributed by atoms with Gasteiger partial charge in [-0.25, -0.2) is 0 Å². The molecule has 3 rings (SSSR count). The van der Waals surface area contributed by atoms with Gasteiger partial charge in [0.15, 0.2) is 0 Å². The predicted octanol–water partition coefficient (Wildman–Crippen LogP) is 2.46. The highest BCUT2D eigenvalue weighted by molar-refractivity contribution is 5.73. The van der Waals surface area contributed by atoms with Crippen LogP contribution in [0.5, 0.6) is 5.75 Å². The Morgan fingerprint density at radius 3 is 2.61 bits per heavy atom. The topological polar surface area (TPSA) is 125 Å². The normalized spacial score (nSPS) is 19.9. The maximum absolute atomic E-state index is 12.8. The lowest BCUT2D eigenvalue weighted by molar-refractivity contribution is -0.144. The minimum atomic E-state index is -4.55. The minimum absolute atomic E-state index is 0.0545. The van der Waals surface area contributed by atoms with E-state index in [0.29, 0.717) is 49.9 Å². The Kier molecular flexibility index (Phi) is 6.65. The maximum atomic E-state index is 12.8. The second-order valence-corrected chi connectivity index (χ2v) is 7.55. The lowest BCUT2D eigenvalue weighted by Gasteiger charge is -2.37. The van der Waals surface area contributed by atoms with Crippen molar-refractivity contribution in [2.24, 2.45) is 5.73 Å². The van der Waals surface area contributed by atoms with Crippen molar-refractivity contribution >= 4 is 11.8 Å². The summed E-state index contributed by atoms with van der Waals surface area (Å²) in [6.07, 6.45) is -3.46. The number of aromatic hydroxyl groups is 1. The average molecular weight is 439 g/mol. The van der Waals surface area contributed by atoms with Gasteiger partial charge in [-0.1, -0.05) is 0 Å². The highest BCUT2D eigenvalue weighted by Gasteiger charge is 2.33. The number of phenolic OH excluding ortho intramolecular Hbond substituents is 1. The molecule has 0 radical (unpaired) electrons. The van der Waals surface area contributed by atoms with Crippen molar-refractivity contribution in [3.63, 3.8) is 0 Å². The van der Waals surface area contributed by atoms with Crippen LogP contribution >= 0.6 is 0 Å². The van der Waals surface area contributed by atoms with E-state index < -0.39 is 29.5 Å². The molecule has 0 amide bonds. The van der Waals surface area contributed by atoms with E-state index in [-0.39, 0.29) is 17.3 Å². The third-order valence-electron chi connectivity index (χ3n) is 5.30. The fourth-order valence-corrected chi connectivity index (χ4v) is 3.79. The summed E-state index contributed by atoms with van der Waals surface area (Å²) >= 11 is 0. The molecule has 0 aliphatic carbocycles. The molecule has 1 aromatic carbocycles. The van der Waals surface area contributed by atoms with Crippen molar-refractivity contribution in [3.05, 3.63) is 35.4 Å². The number of aryl methyl sites for hydroxylation is 1. The van der Waals surface area contributed by atoms with Crippen LogP contribution in [-0.4, -0.2) is 63.0 Å². The maximum Gasteiger partial charge on any atom is 0.416 e. The van der Waals surface area contributed by atoms with Crippen LogP contribution in [0, 0.1) is 6.92 Å². The number of aromatic nitrogens is 2. The largest absolute Gasteiger partial charge is 0.507 e. The monoisotopic (exact) mass is 439 g/mol. The number of alkyl halides is 3. The summed E-state index contributed by atoms with van der Waals surface area (Å²) in [7, 11) is 0. The molecular formula is C20H24F3N5O3. The molecule has 1 aromatic heterocycles. The number of aliphatic carboxylic acids is 1. The van der Waals surface area contributed by atoms with Crippen molar-refractivity contribution in [2.75, 3.05) is 25.0 Å². The number of nitrogens with one attached hydrogen (secondary N) is 1. The number of nitrogens with two attached hydrogens (primary N) is 1. The molecule has 8 nitrogen and oxygen atoms in total. The molecule has 0 saturated carbocycles. The number of likely N-dealkylation sites (tertiary alicyclic amines) is 1. The number of rotatable bonds is 6. The molecule has 1 fully saturated rings. The van der Waals surface area contributed by atoms with Gasteiger partial charge in [-0.2, -0.15) is 13.2 Å². The molecule has 31 heavy (non-hydrogen) atoms. The van der Waals surface area contributed by atoms with E-state index in [1.54, 1.807) is 13.0 Å². The number of halogens is 3. The van der Waals surface area contributed by atoms with Crippen molar-refractivity contribution in [1.82, 2.24) is 15.1 Å². The molecule has 2 heterocycles. The van der Waals surface area contributed by atoms with Crippen LogP contribution in [0.4, 0.5) is 19.0 Å². The number of carboxylic acid groups (broad SMARTS) is 1. The van der Waals surface area contributed by atoms with Gasteiger partial charge in [0.2, 0.25) is 0 Å². The summed E-state index contributed by atoms with van der Waals surface area (Å²) in [6.45, 7) is 3.01. The number of carboxylic acids is 1. The van der Waals surface area contributed by atoms with Crippen LogP contribution in [0.15, 0.2) is 24.3 Å². The molecule has 0 unspecified atom stereocenters. The molecule has 5 N–H and O–H groups in total. The molecule has 1 saturated heterocycles. The van der Waals surface area contributed by atoms with Gasteiger partial charge in [-0.05, 0) is 49.6 Å². The molecule has 168 valence electrons. The Labute approximate surface area is 176 Å². The quantitative estimate of drug-likeness (QED) is 0.541. The number of hydrogen-bond acceptors (Lipinski definition) is 7. The molecule has 2 atom stereocenters. The summed E-state index contributed by atoms with van der Waals surface area (Å²) in [6, 6.07) is 3.78. The predicted molar refractivity (Wildman–Crippen MR) is 108 cm³/mol. The Morgan fingerprint density at radius 2 is 2.03 bits per heavy atom. The van der Waals surface area contributed by atoms with Gasteiger partial charge >= 0.3 is 12.1 Å². The Hall–Kier alpha value is -2.92. The number of nitrogens with zero attached hydrogens (tertiary/aromatic N) is 3. The zero-order chi connectivity index (χ0) is 22.8. The van der Waals surface area contributed by atoms with Crippen LogP contribution in [0.2, 0.25) is 0 Å². The average Bonchev–Trinajstić information content (AvgIpc) is 2.68. The Morgan fingerprint density at radius 1 is 1.29 bits per heavy atom. The molecular weight excluding hydrogens is 415 g/mol. The van der Waals surface area contributed by atoms with Crippen molar-refractivity contribution < 1.29 is 28.2 Å². The van der Waals surface area contributed by atoms with Gasteiger partial charge in [-0.3, -0.25) is 9.69 Å². The molecule has 2 aromatic rings. The second-order valence-electron chi connectivity index (χ2n) is 7.55. The first-order chi connectivity index (χ1) is 14.6. The fraction of sp³-hybridized carbons (Fsp3) is 0.450. The minimum Gasteiger partial charge on any atom is -0.507 e. The van der Waals surface area contributed by atoms with Crippen LogP contribution in [0.1, 0.15) is 24.0 Å². The summed E-state index contributed by atoms with van der Waals surface area (Å²) in [5, 5.41) is 30.8. The Balaban J connectivity index is 1.75. The van der Waals surface area contributed by atoms with Crippen molar-refractivity contribution in [1.29, 1.82) is 0 Å². The van der Waals surface area contributed by atoms with Crippen LogP contribution in [0.25, 0.3) is 11.3 Å². The van der Waals surface area contributed by atoms with Gasteiger partial charge in [0, 0.05) is 31.2 Å². The molecule has 0 spiro atoms. The number of piperidine rings is 1. The third kappa shape index (κ3) is 5.23. The third-order valence-corrected chi connectivity index (χ3v) is 5.30. The molecule has 1 aliphatic rings. The number of hydrogen-bond donors (Lipinski definition) is 4. The second kappa shape index (κ2) is 9.06. The number of carbonyl (C=O) groups is 1. The van der Waals surface area contributed by atoms with E-state index in [0.717, 1.165) is 6.07 Å². The van der Waals surface area contributed by atoms with Gasteiger partial charge < -0.3 is 21.3 Å². The van der Waals surface area contributed by atoms with Gasteiger partial charge in [0.25, 0.3) is 0 Å². The van der Waals surface area contributed by atoms with Gasteiger partial charge in [-0.15, -0.1) is 10.2 Å². The van der Waals surface area contributed by atoms with Crippen LogP contribution in [0.3, 0.4) is 0 Å². The summed E-state index contributed by atoms with van der Waals surface area (Å²) in [4.78, 5) is 13.2. The highest BCUT2D eigenvalue weighted by atomic mass is 19.4. The standard InChI is InChI=1S/C20H24F3N5O3/c1-11-8-17(25-13-3-5-15(19(30)31)28(10-13)7-6-24)26-27-18(11)14-4-2-12(9-16(14)29)20(21,22)23/h2,4,8-9,13,15,29H,3,5-7,10,24H2,1H3,(H,25,26)(H,30,31)/t13-,15-/m1/s1. The lowest BCUT2D eigenvalue weighted by atomic mass is 9.98. The number of benzene rings is 1. The highest BCUT2D eigenvalue weighted by Crippen LogP contribution is 2.36. The first-order valence-corrected chi connectivity index (χ1v) is 9.78. The fourth-order valence-electron chi connectivity index (χ4n) is 3.79. The molecule has 1 aliphatic heterocycles.